The number of benzene rings is 2. The van der Waals surface area contributed by atoms with Gasteiger partial charge < -0.3 is 36.8 Å². The smallest absolute Gasteiger partial charge is 0.408 e. The van der Waals surface area contributed by atoms with Gasteiger partial charge >= 0.3 is 6.09 Å². The predicted octanol–water partition coefficient (Wildman–Crippen LogP) is 2.72. The first kappa shape index (κ1) is 38.7. The maximum Gasteiger partial charge on any atom is 0.408 e. The Hall–Kier alpha value is -4.45. The van der Waals surface area contributed by atoms with Crippen molar-refractivity contribution in [3.63, 3.8) is 0 Å². The lowest BCUT2D eigenvalue weighted by Crippen LogP contribution is -2.56. The van der Waals surface area contributed by atoms with Crippen LogP contribution >= 0.6 is 0 Å². The molecule has 0 bridgehead atoms. The van der Waals surface area contributed by atoms with E-state index in [1.807, 2.05) is 71.0 Å². The number of alkyl carbamates (subject to hydrolysis) is 1. The molecule has 0 aliphatic heterocycles. The average Bonchev–Trinajstić information content (AvgIpc) is 3.03. The maximum absolute atomic E-state index is 13.4. The molecule has 4 atom stereocenters. The molecule has 12 nitrogen and oxygen atoms in total. The molecule has 2 rings (SSSR count). The van der Waals surface area contributed by atoms with Gasteiger partial charge in [-0.3, -0.25) is 19.2 Å². The lowest BCUT2D eigenvalue weighted by molar-refractivity contribution is -0.134. The van der Waals surface area contributed by atoms with E-state index in [4.69, 9.17) is 10.5 Å². The monoisotopic (exact) mass is 653 g/mol. The van der Waals surface area contributed by atoms with Crippen LogP contribution < -0.4 is 27.0 Å². The third kappa shape index (κ3) is 14.2. The Kier molecular flexibility index (Phi) is 15.9. The van der Waals surface area contributed by atoms with Gasteiger partial charge in [0.15, 0.2) is 0 Å². The maximum atomic E-state index is 13.4. The number of hydrogen-bond donors (Lipinski definition) is 6. The first-order chi connectivity index (χ1) is 22.2. The number of carbonyl (C=O) groups is 5. The van der Waals surface area contributed by atoms with Gasteiger partial charge in [0.2, 0.25) is 23.6 Å². The van der Waals surface area contributed by atoms with Gasteiger partial charge in [-0.1, -0.05) is 95.3 Å². The predicted molar refractivity (Wildman–Crippen MR) is 179 cm³/mol. The van der Waals surface area contributed by atoms with Crippen LogP contribution in [0.1, 0.15) is 71.4 Å². The Morgan fingerprint density at radius 2 is 1.38 bits per heavy atom. The number of nitrogens with one attached hydrogen (secondary N) is 4. The van der Waals surface area contributed by atoms with Crippen LogP contribution in [0.4, 0.5) is 4.79 Å². The van der Waals surface area contributed by atoms with E-state index in [0.29, 0.717) is 0 Å². The van der Waals surface area contributed by atoms with Crippen LogP contribution in [0.2, 0.25) is 0 Å². The van der Waals surface area contributed by atoms with Crippen molar-refractivity contribution in [3.8, 4) is 0 Å². The third-order valence-corrected chi connectivity index (χ3v) is 7.90. The minimum Gasteiger partial charge on any atom is -0.445 e. The summed E-state index contributed by atoms with van der Waals surface area (Å²) in [6.45, 7) is 9.29. The fraction of sp³-hybridized carbons (Fsp3) is 0.514. The fourth-order valence-electron chi connectivity index (χ4n) is 4.98. The molecule has 0 heterocycles. The first-order valence-corrected chi connectivity index (χ1v) is 16.1. The van der Waals surface area contributed by atoms with Gasteiger partial charge in [0.1, 0.15) is 12.6 Å². The molecule has 2 aromatic carbocycles. The van der Waals surface area contributed by atoms with Crippen molar-refractivity contribution >= 4 is 29.7 Å². The molecule has 7 N–H and O–H groups in total. The SMILES string of the molecule is CCC(CC)NC(=O)C[C@@H](C(=O)NCC(O)C(Cc1ccccc1)NC(=O)[C@H](CC(N)=O)NC(=O)OCc1ccccc1)C(C)(C)C. The highest BCUT2D eigenvalue weighted by atomic mass is 16.5. The van der Waals surface area contributed by atoms with Crippen LogP contribution in [0.3, 0.4) is 0 Å². The van der Waals surface area contributed by atoms with Gasteiger partial charge in [0, 0.05) is 19.0 Å². The molecular weight excluding hydrogens is 602 g/mol. The van der Waals surface area contributed by atoms with Crippen molar-refractivity contribution in [1.29, 1.82) is 0 Å². The fourth-order valence-corrected chi connectivity index (χ4v) is 4.98. The summed E-state index contributed by atoms with van der Waals surface area (Å²) in [5.74, 6) is -2.91. The van der Waals surface area contributed by atoms with Crippen molar-refractivity contribution in [2.24, 2.45) is 17.1 Å². The molecule has 5 amide bonds. The Morgan fingerprint density at radius 1 is 0.809 bits per heavy atom. The summed E-state index contributed by atoms with van der Waals surface area (Å²) in [5, 5.41) is 22.1. The summed E-state index contributed by atoms with van der Waals surface area (Å²) < 4.78 is 5.21. The van der Waals surface area contributed by atoms with Crippen molar-refractivity contribution in [2.45, 2.75) is 97.6 Å². The summed E-state index contributed by atoms with van der Waals surface area (Å²) in [5.41, 5.74) is 6.33. The lowest BCUT2D eigenvalue weighted by atomic mass is 9.78. The second kappa shape index (κ2) is 19.3. The molecule has 258 valence electrons. The van der Waals surface area contributed by atoms with E-state index in [2.05, 4.69) is 21.3 Å². The van der Waals surface area contributed by atoms with Gasteiger partial charge in [-0.15, -0.1) is 0 Å². The number of primary amides is 1. The Labute approximate surface area is 277 Å². The molecule has 2 unspecified atom stereocenters. The van der Waals surface area contributed by atoms with Crippen LogP contribution in [0.5, 0.6) is 0 Å². The number of aliphatic hydroxyl groups is 1. The number of nitrogens with two attached hydrogens (primary N) is 1. The standard InChI is InChI=1S/C35H51N5O7/c1-6-25(7-2)38-31(43)19-26(35(3,4)5)32(44)37-21-29(41)27(18-23-14-10-8-11-15-23)39-33(45)28(20-30(36)42)40-34(46)47-22-24-16-12-9-13-17-24/h8-17,25-29,41H,6-7,18-22H2,1-5H3,(H2,36,42)(H,37,44)(H,38,43)(H,39,45)(H,40,46)/t26-,27?,28-,29?/m0/s1. The molecule has 47 heavy (non-hydrogen) atoms. The van der Waals surface area contributed by atoms with E-state index in [9.17, 15) is 29.1 Å². The highest BCUT2D eigenvalue weighted by Crippen LogP contribution is 2.29. The average molecular weight is 654 g/mol. The molecular formula is C35H51N5O7. The second-order valence-electron chi connectivity index (χ2n) is 12.8. The Bertz CT molecular complexity index is 1300. The van der Waals surface area contributed by atoms with Crippen LogP contribution in [0, 0.1) is 11.3 Å². The van der Waals surface area contributed by atoms with Crippen LogP contribution in [-0.4, -0.2) is 65.6 Å². The summed E-state index contributed by atoms with van der Waals surface area (Å²) in [6, 6.07) is 15.7. The van der Waals surface area contributed by atoms with Crippen molar-refractivity contribution in [3.05, 3.63) is 71.8 Å². The molecule has 0 aliphatic rings. The number of carbonyl (C=O) groups excluding carboxylic acids is 5. The first-order valence-electron chi connectivity index (χ1n) is 16.1. The molecule has 0 aromatic heterocycles. The van der Waals surface area contributed by atoms with Crippen LogP contribution in [0.15, 0.2) is 60.7 Å². The molecule has 0 saturated heterocycles. The van der Waals surface area contributed by atoms with E-state index in [1.54, 1.807) is 24.3 Å². The molecule has 0 spiro atoms. The van der Waals surface area contributed by atoms with Gasteiger partial charge in [-0.2, -0.15) is 0 Å². The highest BCUT2D eigenvalue weighted by Gasteiger charge is 2.35. The second-order valence-corrected chi connectivity index (χ2v) is 12.8. The molecule has 0 aliphatic carbocycles. The van der Waals surface area contributed by atoms with Crippen LogP contribution in [0.25, 0.3) is 0 Å². The zero-order valence-electron chi connectivity index (χ0n) is 28.1. The zero-order valence-corrected chi connectivity index (χ0v) is 28.1. The molecule has 0 radical (unpaired) electrons. The van der Waals surface area contributed by atoms with Crippen molar-refractivity contribution in [1.82, 2.24) is 21.3 Å². The Morgan fingerprint density at radius 3 is 1.91 bits per heavy atom. The number of aliphatic hydroxyl groups excluding tert-OH is 1. The zero-order chi connectivity index (χ0) is 35.0. The Balaban J connectivity index is 2.15. The number of amides is 5. The van der Waals surface area contributed by atoms with Crippen molar-refractivity contribution in [2.75, 3.05) is 6.54 Å². The number of ether oxygens (including phenoxy) is 1. The van der Waals surface area contributed by atoms with Gasteiger partial charge in [-0.25, -0.2) is 4.79 Å². The summed E-state index contributed by atoms with van der Waals surface area (Å²) in [6.07, 6.45) is -1.01. The van der Waals surface area contributed by atoms with Crippen molar-refractivity contribution < 1.29 is 33.8 Å². The molecule has 2 aromatic rings. The molecule has 12 heteroatoms. The van der Waals surface area contributed by atoms with Crippen LogP contribution in [-0.2, 0) is 36.9 Å². The van der Waals surface area contributed by atoms with Gasteiger partial charge in [0.05, 0.1) is 24.5 Å². The van der Waals surface area contributed by atoms with E-state index in [0.717, 1.165) is 24.0 Å². The highest BCUT2D eigenvalue weighted by molar-refractivity contribution is 5.90. The normalized spacial score (nSPS) is 13.9. The number of rotatable bonds is 18. The van der Waals surface area contributed by atoms with E-state index >= 15 is 0 Å². The summed E-state index contributed by atoms with van der Waals surface area (Å²) in [4.78, 5) is 63.9. The number of hydrogen-bond acceptors (Lipinski definition) is 7. The third-order valence-electron chi connectivity index (χ3n) is 7.90. The topological polar surface area (TPSA) is 189 Å². The summed E-state index contributed by atoms with van der Waals surface area (Å²) in [7, 11) is 0. The van der Waals surface area contributed by atoms with E-state index in [1.165, 1.54) is 0 Å². The quantitative estimate of drug-likeness (QED) is 0.143. The van der Waals surface area contributed by atoms with Gasteiger partial charge in [-0.05, 0) is 35.8 Å². The molecule has 0 saturated carbocycles. The summed E-state index contributed by atoms with van der Waals surface area (Å²) >= 11 is 0. The van der Waals surface area contributed by atoms with Gasteiger partial charge in [0.25, 0.3) is 0 Å². The largest absolute Gasteiger partial charge is 0.445 e. The molecule has 0 fully saturated rings. The lowest BCUT2D eigenvalue weighted by Gasteiger charge is -2.31. The van der Waals surface area contributed by atoms with E-state index < -0.39 is 59.8 Å². The van der Waals surface area contributed by atoms with E-state index in [-0.39, 0.29) is 37.9 Å². The minimum atomic E-state index is -1.38. The minimum absolute atomic E-state index is 0.0209.